The van der Waals surface area contributed by atoms with Crippen LogP contribution < -0.4 is 10.2 Å². The van der Waals surface area contributed by atoms with Gasteiger partial charge < -0.3 is 20.0 Å². The van der Waals surface area contributed by atoms with Crippen molar-refractivity contribution < 1.29 is 9.59 Å². The highest BCUT2D eigenvalue weighted by atomic mass is 35.5. The Morgan fingerprint density at radius 1 is 1.00 bits per heavy atom. The van der Waals surface area contributed by atoms with E-state index in [4.69, 9.17) is 11.6 Å². The van der Waals surface area contributed by atoms with E-state index < -0.39 is 6.04 Å². The average molecular weight is 397 g/mol. The molecule has 142 valence electrons. The number of rotatable bonds is 3. The van der Waals surface area contributed by atoms with Crippen LogP contribution in [0.15, 0.2) is 24.3 Å². The molecule has 1 unspecified atom stereocenters. The molecule has 2 aliphatic rings. The Balaban J connectivity index is 1.47. The van der Waals surface area contributed by atoms with Crippen molar-refractivity contribution in [1.29, 1.82) is 0 Å². The van der Waals surface area contributed by atoms with Gasteiger partial charge in [-0.15, -0.1) is 0 Å². The van der Waals surface area contributed by atoms with Gasteiger partial charge in [-0.25, -0.2) is 4.79 Å². The van der Waals surface area contributed by atoms with Gasteiger partial charge in [0.15, 0.2) is 0 Å². The maximum absolute atomic E-state index is 12.5. The van der Waals surface area contributed by atoms with Gasteiger partial charge in [-0.05, 0) is 31.2 Å². The lowest BCUT2D eigenvalue weighted by molar-refractivity contribution is -0.132. The fourth-order valence-corrected chi connectivity index (χ4v) is 4.24. The Morgan fingerprint density at radius 2 is 1.62 bits per heavy atom. The first kappa shape index (κ1) is 19.2. The quantitative estimate of drug-likeness (QED) is 0.850. The van der Waals surface area contributed by atoms with Crippen LogP contribution in [0, 0.1) is 0 Å². The molecule has 6 nitrogen and oxygen atoms in total. The summed E-state index contributed by atoms with van der Waals surface area (Å²) in [5.74, 6) is 1.96. The summed E-state index contributed by atoms with van der Waals surface area (Å²) < 4.78 is 0. The summed E-state index contributed by atoms with van der Waals surface area (Å²) in [6, 6.07) is 7.10. The summed E-state index contributed by atoms with van der Waals surface area (Å²) in [7, 11) is 0. The summed E-state index contributed by atoms with van der Waals surface area (Å²) in [4.78, 5) is 30.8. The predicted octanol–water partition coefficient (Wildman–Crippen LogP) is 2.14. The van der Waals surface area contributed by atoms with Crippen LogP contribution in [-0.2, 0) is 4.79 Å². The number of thioether (sulfide) groups is 1. The third-order valence-corrected chi connectivity index (χ3v) is 5.99. The molecule has 1 aromatic carbocycles. The summed E-state index contributed by atoms with van der Waals surface area (Å²) >= 11 is 7.80. The van der Waals surface area contributed by atoms with E-state index in [-0.39, 0.29) is 11.9 Å². The third-order valence-electron chi connectivity index (χ3n) is 4.79. The molecule has 1 N–H and O–H groups in total. The molecule has 3 amide bonds. The fraction of sp³-hybridized carbons (Fsp3) is 0.556. The zero-order chi connectivity index (χ0) is 18.5. The predicted molar refractivity (Wildman–Crippen MR) is 107 cm³/mol. The van der Waals surface area contributed by atoms with Crippen LogP contribution in [0.1, 0.15) is 6.92 Å². The second-order valence-corrected chi connectivity index (χ2v) is 8.22. The lowest BCUT2D eigenvalue weighted by Gasteiger charge is -2.37. The van der Waals surface area contributed by atoms with Gasteiger partial charge in [0.1, 0.15) is 6.04 Å². The molecule has 0 radical (unpaired) electrons. The van der Waals surface area contributed by atoms with E-state index >= 15 is 0 Å². The number of halogens is 1. The van der Waals surface area contributed by atoms with Crippen molar-refractivity contribution in [2.45, 2.75) is 13.0 Å². The van der Waals surface area contributed by atoms with E-state index in [2.05, 4.69) is 10.2 Å². The van der Waals surface area contributed by atoms with Gasteiger partial charge >= 0.3 is 6.03 Å². The second kappa shape index (κ2) is 8.86. The van der Waals surface area contributed by atoms with Crippen molar-refractivity contribution in [3.05, 3.63) is 29.3 Å². The van der Waals surface area contributed by atoms with Crippen molar-refractivity contribution in [1.82, 2.24) is 15.1 Å². The van der Waals surface area contributed by atoms with Crippen molar-refractivity contribution in [3.63, 3.8) is 0 Å². The van der Waals surface area contributed by atoms with Crippen LogP contribution in [0.25, 0.3) is 0 Å². The molecule has 2 heterocycles. The molecule has 2 fully saturated rings. The number of nitrogens with zero attached hydrogens (tertiary/aromatic N) is 3. The minimum atomic E-state index is -0.486. The van der Waals surface area contributed by atoms with Crippen LogP contribution in [-0.4, -0.2) is 78.6 Å². The van der Waals surface area contributed by atoms with Crippen LogP contribution >= 0.6 is 23.4 Å². The van der Waals surface area contributed by atoms with Crippen LogP contribution in [0.5, 0.6) is 0 Å². The first-order valence-electron chi connectivity index (χ1n) is 8.97. The topological polar surface area (TPSA) is 55.9 Å². The number of urea groups is 1. The zero-order valence-corrected chi connectivity index (χ0v) is 16.6. The Labute approximate surface area is 163 Å². The zero-order valence-electron chi connectivity index (χ0n) is 15.0. The fourth-order valence-electron chi connectivity index (χ4n) is 3.22. The summed E-state index contributed by atoms with van der Waals surface area (Å²) in [5, 5.41) is 3.58. The molecule has 2 saturated heterocycles. The monoisotopic (exact) mass is 396 g/mol. The standard InChI is InChI=1S/C18H25ClN4O2S/c1-14(17(24)22-10-12-26-13-11-22)20-18(25)23-8-6-21(7-9-23)16-4-2-15(19)3-5-16/h2-5,14H,6-13H2,1H3,(H,20,25). The molecule has 0 saturated carbocycles. The maximum Gasteiger partial charge on any atom is 0.318 e. The van der Waals surface area contributed by atoms with Gasteiger partial charge in [0, 0.05) is 61.5 Å². The van der Waals surface area contributed by atoms with Crippen LogP contribution in [0.3, 0.4) is 0 Å². The SMILES string of the molecule is CC(NC(=O)N1CCN(c2ccc(Cl)cc2)CC1)C(=O)N1CCSCC1. The Bertz CT molecular complexity index is 629. The molecule has 1 atom stereocenters. The number of nitrogens with one attached hydrogen (secondary N) is 1. The molecule has 0 spiro atoms. The van der Waals surface area contributed by atoms with E-state index in [1.807, 2.05) is 40.9 Å². The Morgan fingerprint density at radius 3 is 2.23 bits per heavy atom. The molecule has 0 aromatic heterocycles. The van der Waals surface area contributed by atoms with Crippen molar-refractivity contribution in [2.75, 3.05) is 55.7 Å². The van der Waals surface area contributed by atoms with Crippen LogP contribution in [0.2, 0.25) is 5.02 Å². The van der Waals surface area contributed by atoms with Gasteiger partial charge in [0.05, 0.1) is 0 Å². The molecule has 1 aromatic rings. The molecule has 26 heavy (non-hydrogen) atoms. The lowest BCUT2D eigenvalue weighted by atomic mass is 10.2. The van der Waals surface area contributed by atoms with Gasteiger partial charge in [-0.3, -0.25) is 4.79 Å². The highest BCUT2D eigenvalue weighted by molar-refractivity contribution is 7.99. The van der Waals surface area contributed by atoms with Gasteiger partial charge in [-0.2, -0.15) is 11.8 Å². The first-order valence-corrected chi connectivity index (χ1v) is 10.5. The molecular formula is C18H25ClN4O2S. The number of carbonyl (C=O) groups is 2. The number of benzene rings is 1. The summed E-state index contributed by atoms with van der Waals surface area (Å²) in [6.45, 7) is 6.10. The number of hydrogen-bond donors (Lipinski definition) is 1. The number of amides is 3. The van der Waals surface area contributed by atoms with E-state index in [9.17, 15) is 9.59 Å². The number of carbonyl (C=O) groups excluding carboxylic acids is 2. The largest absolute Gasteiger partial charge is 0.368 e. The van der Waals surface area contributed by atoms with E-state index in [1.54, 1.807) is 11.8 Å². The Hall–Kier alpha value is -1.60. The molecule has 8 heteroatoms. The van der Waals surface area contributed by atoms with Gasteiger partial charge in [-0.1, -0.05) is 11.6 Å². The number of piperazine rings is 1. The molecule has 2 aliphatic heterocycles. The van der Waals surface area contributed by atoms with Gasteiger partial charge in [0.2, 0.25) is 5.91 Å². The minimum absolute atomic E-state index is 0.0125. The third kappa shape index (κ3) is 4.76. The van der Waals surface area contributed by atoms with Crippen molar-refractivity contribution in [3.8, 4) is 0 Å². The lowest BCUT2D eigenvalue weighted by Crippen LogP contribution is -2.56. The van der Waals surface area contributed by atoms with Crippen molar-refractivity contribution >= 4 is 41.0 Å². The highest BCUT2D eigenvalue weighted by Crippen LogP contribution is 2.19. The number of hydrogen-bond acceptors (Lipinski definition) is 4. The van der Waals surface area contributed by atoms with E-state index in [0.29, 0.717) is 13.1 Å². The highest BCUT2D eigenvalue weighted by Gasteiger charge is 2.27. The summed E-state index contributed by atoms with van der Waals surface area (Å²) in [6.07, 6.45) is 0. The molecule has 0 bridgehead atoms. The number of anilines is 1. The van der Waals surface area contributed by atoms with Crippen LogP contribution in [0.4, 0.5) is 10.5 Å². The second-order valence-electron chi connectivity index (χ2n) is 6.56. The van der Waals surface area contributed by atoms with E-state index in [0.717, 1.165) is 48.4 Å². The van der Waals surface area contributed by atoms with E-state index in [1.165, 1.54) is 0 Å². The van der Waals surface area contributed by atoms with Gasteiger partial charge in [0.25, 0.3) is 0 Å². The molecular weight excluding hydrogens is 372 g/mol. The Kier molecular flexibility index (Phi) is 6.53. The normalized spacial score (nSPS) is 19.2. The average Bonchev–Trinajstić information content (AvgIpc) is 2.68. The molecule has 3 rings (SSSR count). The maximum atomic E-state index is 12.5. The first-order chi connectivity index (χ1) is 12.5. The minimum Gasteiger partial charge on any atom is -0.368 e. The summed E-state index contributed by atoms with van der Waals surface area (Å²) in [5.41, 5.74) is 1.11. The van der Waals surface area contributed by atoms with Crippen molar-refractivity contribution in [2.24, 2.45) is 0 Å². The smallest absolute Gasteiger partial charge is 0.318 e. The molecule has 0 aliphatic carbocycles.